The van der Waals surface area contributed by atoms with E-state index in [2.05, 4.69) is 6.92 Å². The fraction of sp³-hybridized carbons (Fsp3) is 0.217. The van der Waals surface area contributed by atoms with Crippen LogP contribution in [0.1, 0.15) is 30.9 Å². The molecule has 0 aliphatic carbocycles. The minimum atomic E-state index is -4.03. The highest BCUT2D eigenvalue weighted by Crippen LogP contribution is 2.47. The van der Waals surface area contributed by atoms with Gasteiger partial charge in [0.05, 0.1) is 0 Å². The first-order chi connectivity index (χ1) is 14.2. The Bertz CT molecular complexity index is 1010. The summed E-state index contributed by atoms with van der Waals surface area (Å²) < 4.78 is 84.4. The lowest BCUT2D eigenvalue weighted by Crippen LogP contribution is -2.14. The molecule has 0 amide bonds. The molecule has 0 N–H and O–H groups in total. The Morgan fingerprint density at radius 1 is 0.733 bits per heavy atom. The van der Waals surface area contributed by atoms with Gasteiger partial charge >= 0.3 is 5.25 Å². The molecule has 3 aromatic rings. The van der Waals surface area contributed by atoms with E-state index in [0.717, 1.165) is 43.0 Å². The van der Waals surface area contributed by atoms with Gasteiger partial charge in [-0.15, -0.1) is 0 Å². The van der Waals surface area contributed by atoms with Gasteiger partial charge in [-0.25, -0.2) is 17.6 Å². The first-order valence-corrected chi connectivity index (χ1v) is 10.1. The van der Waals surface area contributed by atoms with Crippen molar-refractivity contribution in [1.29, 1.82) is 0 Å². The summed E-state index contributed by atoms with van der Waals surface area (Å²) in [5, 5.41) is -4.03. The average molecular weight is 440 g/mol. The maximum absolute atomic E-state index is 14.6. The second-order valence-electron chi connectivity index (χ2n) is 6.81. The molecule has 0 aliphatic heterocycles. The Kier molecular flexibility index (Phi) is 6.81. The molecule has 3 rings (SSSR count). The topological polar surface area (TPSA) is 0 Å². The molecule has 3 aromatic carbocycles. The number of rotatable bonds is 7. The van der Waals surface area contributed by atoms with Crippen molar-refractivity contribution in [3.63, 3.8) is 0 Å². The molecule has 30 heavy (non-hydrogen) atoms. The number of alkyl halides is 2. The normalized spacial score (nSPS) is 11.7. The highest BCUT2D eigenvalue weighted by Gasteiger charge is 2.39. The first-order valence-electron chi connectivity index (χ1n) is 9.32. The zero-order chi connectivity index (χ0) is 21.9. The molecular formula is C23H18F6S. The fourth-order valence-corrected chi connectivity index (χ4v) is 3.89. The quantitative estimate of drug-likeness (QED) is 0.264. The number of aryl methyl sites for hydroxylation is 1. The van der Waals surface area contributed by atoms with Crippen LogP contribution in [-0.4, -0.2) is 0 Å². The lowest BCUT2D eigenvalue weighted by Gasteiger charge is -2.18. The molecule has 0 fully saturated rings. The SMILES string of the molecule is CCCCc1ccc(-c2cc(F)c(C(F)(F)Sc3ccc(F)c(F)c3)c(F)c2)cc1. The van der Waals surface area contributed by atoms with Crippen molar-refractivity contribution in [2.24, 2.45) is 0 Å². The van der Waals surface area contributed by atoms with Gasteiger partial charge in [0.15, 0.2) is 11.6 Å². The van der Waals surface area contributed by atoms with Crippen molar-refractivity contribution in [2.45, 2.75) is 36.3 Å². The third-order valence-corrected chi connectivity index (χ3v) is 5.53. The Labute approximate surface area is 174 Å². The Morgan fingerprint density at radius 2 is 1.37 bits per heavy atom. The van der Waals surface area contributed by atoms with E-state index in [1.54, 1.807) is 12.1 Å². The molecule has 0 spiro atoms. The third kappa shape index (κ3) is 5.01. The van der Waals surface area contributed by atoms with E-state index >= 15 is 0 Å². The summed E-state index contributed by atoms with van der Waals surface area (Å²) in [5.41, 5.74) is 0.272. The minimum Gasteiger partial charge on any atom is -0.206 e. The van der Waals surface area contributed by atoms with E-state index < -0.39 is 34.1 Å². The second kappa shape index (κ2) is 9.16. The van der Waals surface area contributed by atoms with Crippen LogP contribution in [0, 0.1) is 23.3 Å². The number of hydrogen-bond donors (Lipinski definition) is 0. The van der Waals surface area contributed by atoms with E-state index in [9.17, 15) is 26.3 Å². The van der Waals surface area contributed by atoms with Gasteiger partial charge in [0.25, 0.3) is 0 Å². The number of hydrogen-bond acceptors (Lipinski definition) is 1. The summed E-state index contributed by atoms with van der Waals surface area (Å²) in [6.07, 6.45) is 2.93. The van der Waals surface area contributed by atoms with Crippen LogP contribution in [0.2, 0.25) is 0 Å². The van der Waals surface area contributed by atoms with Gasteiger partial charge in [0, 0.05) is 4.90 Å². The third-order valence-electron chi connectivity index (χ3n) is 4.58. The molecule has 0 saturated heterocycles. The number of halogens is 6. The summed E-state index contributed by atoms with van der Waals surface area (Å²) in [4.78, 5) is -0.357. The van der Waals surface area contributed by atoms with Crippen LogP contribution in [0.4, 0.5) is 26.3 Å². The molecule has 0 nitrogen and oxygen atoms in total. The molecule has 0 aliphatic rings. The van der Waals surface area contributed by atoms with Crippen molar-refractivity contribution in [1.82, 2.24) is 0 Å². The molecule has 0 saturated carbocycles. The second-order valence-corrected chi connectivity index (χ2v) is 8.00. The van der Waals surface area contributed by atoms with Crippen molar-refractivity contribution in [3.05, 3.63) is 89.0 Å². The van der Waals surface area contributed by atoms with Gasteiger partial charge in [-0.3, -0.25) is 0 Å². The molecule has 7 heteroatoms. The summed E-state index contributed by atoms with van der Waals surface area (Å²) >= 11 is -0.259. The lowest BCUT2D eigenvalue weighted by atomic mass is 10.00. The van der Waals surface area contributed by atoms with Crippen LogP contribution in [0.3, 0.4) is 0 Å². The van der Waals surface area contributed by atoms with E-state index in [1.165, 1.54) is 0 Å². The van der Waals surface area contributed by atoms with Crippen LogP contribution in [0.25, 0.3) is 11.1 Å². The number of benzene rings is 3. The van der Waals surface area contributed by atoms with Crippen molar-refractivity contribution in [3.8, 4) is 11.1 Å². The Hall–Kier alpha value is -2.41. The van der Waals surface area contributed by atoms with E-state index in [0.29, 0.717) is 17.7 Å². The summed E-state index contributed by atoms with van der Waals surface area (Å²) in [5.74, 6) is -5.36. The molecule has 0 unspecified atom stereocenters. The first kappa shape index (κ1) is 22.3. The average Bonchev–Trinajstić information content (AvgIpc) is 2.68. The van der Waals surface area contributed by atoms with E-state index in [1.807, 2.05) is 12.1 Å². The molecule has 0 radical (unpaired) electrons. The van der Waals surface area contributed by atoms with Crippen molar-refractivity contribution >= 4 is 11.8 Å². The van der Waals surface area contributed by atoms with Crippen LogP contribution in [0.5, 0.6) is 0 Å². The summed E-state index contributed by atoms with van der Waals surface area (Å²) in [6.45, 7) is 2.07. The largest absolute Gasteiger partial charge is 0.329 e. The predicted molar refractivity (Wildman–Crippen MR) is 107 cm³/mol. The van der Waals surface area contributed by atoms with Crippen LogP contribution in [0.15, 0.2) is 59.5 Å². The standard InChI is InChI=1S/C23H18F6S/c1-2-3-4-14-5-7-15(8-6-14)16-11-20(26)22(21(27)12-16)23(28,29)30-17-9-10-18(24)19(25)13-17/h5-13H,2-4H2,1H3. The minimum absolute atomic E-state index is 0.129. The van der Waals surface area contributed by atoms with Gasteiger partial charge in [-0.2, -0.15) is 8.78 Å². The smallest absolute Gasteiger partial charge is 0.206 e. The molecule has 0 bridgehead atoms. The highest BCUT2D eigenvalue weighted by molar-refractivity contribution is 8.00. The van der Waals surface area contributed by atoms with Gasteiger partial charge in [0.1, 0.15) is 17.2 Å². The molecular weight excluding hydrogens is 422 g/mol. The fourth-order valence-electron chi connectivity index (χ4n) is 3.00. The van der Waals surface area contributed by atoms with Crippen LogP contribution >= 0.6 is 11.8 Å². The molecule has 158 valence electrons. The number of thioether (sulfide) groups is 1. The molecule has 0 aromatic heterocycles. The van der Waals surface area contributed by atoms with E-state index in [4.69, 9.17) is 0 Å². The van der Waals surface area contributed by atoms with E-state index in [-0.39, 0.29) is 22.2 Å². The zero-order valence-electron chi connectivity index (χ0n) is 16.0. The van der Waals surface area contributed by atoms with Crippen LogP contribution < -0.4 is 0 Å². The van der Waals surface area contributed by atoms with Gasteiger partial charge < -0.3 is 0 Å². The lowest BCUT2D eigenvalue weighted by molar-refractivity contribution is 0.0957. The Morgan fingerprint density at radius 3 is 1.93 bits per heavy atom. The summed E-state index contributed by atoms with van der Waals surface area (Å²) in [7, 11) is 0. The van der Waals surface area contributed by atoms with Gasteiger partial charge in [-0.1, -0.05) is 37.6 Å². The predicted octanol–water partition coefficient (Wildman–Crippen LogP) is 8.09. The number of unbranched alkanes of at least 4 members (excludes halogenated alkanes) is 1. The summed E-state index contributed by atoms with van der Waals surface area (Å²) in [6, 6.07) is 10.9. The molecule has 0 heterocycles. The van der Waals surface area contributed by atoms with Gasteiger partial charge in [-0.05, 0) is 71.6 Å². The van der Waals surface area contributed by atoms with Crippen molar-refractivity contribution < 1.29 is 26.3 Å². The van der Waals surface area contributed by atoms with Crippen LogP contribution in [-0.2, 0) is 11.7 Å². The maximum Gasteiger partial charge on any atom is 0.329 e. The zero-order valence-corrected chi connectivity index (χ0v) is 16.8. The Balaban J connectivity index is 1.88. The molecule has 0 atom stereocenters. The monoisotopic (exact) mass is 440 g/mol. The maximum atomic E-state index is 14.6. The highest BCUT2D eigenvalue weighted by atomic mass is 32.2. The van der Waals surface area contributed by atoms with Gasteiger partial charge in [0.2, 0.25) is 0 Å². The van der Waals surface area contributed by atoms with Crippen molar-refractivity contribution in [2.75, 3.05) is 0 Å².